The molecule has 6 nitrogen and oxygen atoms in total. The zero-order valence-electron chi connectivity index (χ0n) is 17.4. The number of ether oxygens (including phenoxy) is 1. The Morgan fingerprint density at radius 1 is 1.28 bits per heavy atom. The summed E-state index contributed by atoms with van der Waals surface area (Å²) in [6, 6.07) is 3.84. The minimum absolute atomic E-state index is 0.0170. The summed E-state index contributed by atoms with van der Waals surface area (Å²) in [7, 11) is 1.91. The van der Waals surface area contributed by atoms with E-state index in [0.29, 0.717) is 12.5 Å². The van der Waals surface area contributed by atoms with Crippen LogP contribution in [0.4, 0.5) is 13.2 Å². The van der Waals surface area contributed by atoms with Gasteiger partial charge in [0.05, 0.1) is 17.8 Å². The quantitative estimate of drug-likeness (QED) is 0.516. The first-order valence-electron chi connectivity index (χ1n) is 9.49. The lowest BCUT2D eigenvalue weighted by atomic mass is 10.1. The zero-order chi connectivity index (χ0) is 21.6. The number of hydrogen-bond acceptors (Lipinski definition) is 3. The van der Waals surface area contributed by atoms with Gasteiger partial charge in [-0.1, -0.05) is 6.07 Å². The van der Waals surface area contributed by atoms with Gasteiger partial charge in [-0.05, 0) is 51.8 Å². The Morgan fingerprint density at radius 2 is 2.00 bits per heavy atom. The molecule has 1 unspecified atom stereocenters. The second kappa shape index (κ2) is 10.2. The molecule has 1 aromatic heterocycles. The van der Waals surface area contributed by atoms with Crippen molar-refractivity contribution in [1.82, 2.24) is 20.4 Å². The number of halogens is 3. The SMILES string of the molecule is CCNC(=NCc1c(F)cccc1OC(F)F)NC(C)Cc1c(C)nn(C)c1C. The van der Waals surface area contributed by atoms with Gasteiger partial charge in [-0.3, -0.25) is 4.68 Å². The molecule has 0 amide bonds. The monoisotopic (exact) mass is 411 g/mol. The van der Waals surface area contributed by atoms with Crippen LogP contribution < -0.4 is 15.4 Å². The lowest BCUT2D eigenvalue weighted by Crippen LogP contribution is -2.43. The molecule has 0 fully saturated rings. The highest BCUT2D eigenvalue weighted by molar-refractivity contribution is 5.80. The lowest BCUT2D eigenvalue weighted by Gasteiger charge is -2.18. The first-order valence-corrected chi connectivity index (χ1v) is 9.49. The van der Waals surface area contributed by atoms with Gasteiger partial charge in [0.1, 0.15) is 11.6 Å². The molecule has 2 N–H and O–H groups in total. The van der Waals surface area contributed by atoms with Gasteiger partial charge in [0.2, 0.25) is 0 Å². The molecule has 0 saturated carbocycles. The van der Waals surface area contributed by atoms with E-state index in [1.54, 1.807) is 0 Å². The molecule has 0 radical (unpaired) electrons. The van der Waals surface area contributed by atoms with E-state index in [4.69, 9.17) is 0 Å². The van der Waals surface area contributed by atoms with Crippen molar-refractivity contribution in [3.8, 4) is 5.75 Å². The number of guanidine groups is 1. The molecule has 1 heterocycles. The van der Waals surface area contributed by atoms with Crippen LogP contribution >= 0.6 is 0 Å². The molecule has 0 aliphatic heterocycles. The smallest absolute Gasteiger partial charge is 0.387 e. The maximum Gasteiger partial charge on any atom is 0.387 e. The number of benzene rings is 1. The van der Waals surface area contributed by atoms with Crippen LogP contribution in [0, 0.1) is 19.7 Å². The summed E-state index contributed by atoms with van der Waals surface area (Å²) >= 11 is 0. The fourth-order valence-corrected chi connectivity index (χ4v) is 3.08. The molecule has 9 heteroatoms. The molecule has 0 bridgehead atoms. The van der Waals surface area contributed by atoms with Gasteiger partial charge in [0.15, 0.2) is 5.96 Å². The molecular weight excluding hydrogens is 383 g/mol. The standard InChI is InChI=1S/C20H28F3N5O/c1-6-24-20(26-12(2)10-15-13(3)27-28(5)14(15)4)25-11-16-17(21)8-7-9-18(16)29-19(22)23/h7-9,12,19H,6,10-11H2,1-5H3,(H2,24,25,26). The molecule has 0 aliphatic carbocycles. The molecule has 160 valence electrons. The summed E-state index contributed by atoms with van der Waals surface area (Å²) in [5, 5.41) is 10.8. The number of rotatable bonds is 8. The van der Waals surface area contributed by atoms with E-state index < -0.39 is 12.4 Å². The number of aryl methyl sites for hydroxylation is 2. The van der Waals surface area contributed by atoms with Crippen molar-refractivity contribution in [2.75, 3.05) is 6.54 Å². The Bertz CT molecular complexity index is 851. The zero-order valence-corrected chi connectivity index (χ0v) is 17.4. The average molecular weight is 411 g/mol. The topological polar surface area (TPSA) is 63.5 Å². The molecule has 0 saturated heterocycles. The Hall–Kier alpha value is -2.71. The van der Waals surface area contributed by atoms with Crippen molar-refractivity contribution in [2.24, 2.45) is 12.0 Å². The number of nitrogens with zero attached hydrogens (tertiary/aromatic N) is 3. The van der Waals surface area contributed by atoms with E-state index in [9.17, 15) is 13.2 Å². The minimum Gasteiger partial charge on any atom is -0.434 e. The van der Waals surface area contributed by atoms with Crippen LogP contribution in [0.2, 0.25) is 0 Å². The Kier molecular flexibility index (Phi) is 7.92. The highest BCUT2D eigenvalue weighted by Gasteiger charge is 2.16. The molecule has 29 heavy (non-hydrogen) atoms. The van der Waals surface area contributed by atoms with Gasteiger partial charge in [-0.2, -0.15) is 13.9 Å². The second-order valence-corrected chi connectivity index (χ2v) is 6.81. The van der Waals surface area contributed by atoms with Crippen LogP contribution in [0.5, 0.6) is 5.75 Å². The molecule has 2 rings (SSSR count). The van der Waals surface area contributed by atoms with E-state index in [2.05, 4.69) is 25.5 Å². The van der Waals surface area contributed by atoms with E-state index in [1.807, 2.05) is 39.4 Å². The van der Waals surface area contributed by atoms with Crippen molar-refractivity contribution in [2.45, 2.75) is 53.3 Å². The maximum absolute atomic E-state index is 14.1. The van der Waals surface area contributed by atoms with Crippen molar-refractivity contribution in [3.63, 3.8) is 0 Å². The minimum atomic E-state index is -3.03. The normalized spacial score (nSPS) is 12.9. The summed E-state index contributed by atoms with van der Waals surface area (Å²) in [6.45, 7) is 5.33. The van der Waals surface area contributed by atoms with Gasteiger partial charge in [-0.15, -0.1) is 0 Å². The van der Waals surface area contributed by atoms with Crippen molar-refractivity contribution >= 4 is 5.96 Å². The third-order valence-electron chi connectivity index (χ3n) is 4.58. The van der Waals surface area contributed by atoms with Crippen LogP contribution in [0.1, 0.15) is 36.4 Å². The molecule has 2 aromatic rings. The largest absolute Gasteiger partial charge is 0.434 e. The highest BCUT2D eigenvalue weighted by atomic mass is 19.3. The first-order chi connectivity index (χ1) is 13.7. The van der Waals surface area contributed by atoms with Crippen LogP contribution in [-0.2, 0) is 20.0 Å². The molecular formula is C20H28F3N5O. The predicted octanol–water partition coefficient (Wildman–Crippen LogP) is 3.46. The van der Waals surface area contributed by atoms with Crippen LogP contribution in [0.3, 0.4) is 0 Å². The molecule has 0 spiro atoms. The maximum atomic E-state index is 14.1. The summed E-state index contributed by atoms with van der Waals surface area (Å²) in [4.78, 5) is 4.35. The van der Waals surface area contributed by atoms with Crippen LogP contribution in [-0.4, -0.2) is 34.9 Å². The number of aromatic nitrogens is 2. The summed E-state index contributed by atoms with van der Waals surface area (Å²) in [6.07, 6.45) is 0.732. The summed E-state index contributed by atoms with van der Waals surface area (Å²) in [5.74, 6) is -0.392. The lowest BCUT2D eigenvalue weighted by molar-refractivity contribution is -0.0506. The van der Waals surface area contributed by atoms with E-state index in [0.717, 1.165) is 23.4 Å². The number of alkyl halides is 2. The van der Waals surface area contributed by atoms with Gasteiger partial charge >= 0.3 is 6.61 Å². The Balaban J connectivity index is 2.14. The third-order valence-corrected chi connectivity index (χ3v) is 4.58. The fraction of sp³-hybridized carbons (Fsp3) is 0.500. The summed E-state index contributed by atoms with van der Waals surface area (Å²) in [5.41, 5.74) is 3.21. The summed E-state index contributed by atoms with van der Waals surface area (Å²) < 4.78 is 45.6. The molecule has 0 aliphatic rings. The molecule has 1 atom stereocenters. The number of hydrogen-bond donors (Lipinski definition) is 2. The van der Waals surface area contributed by atoms with Crippen molar-refractivity contribution in [1.29, 1.82) is 0 Å². The number of nitrogens with one attached hydrogen (secondary N) is 2. The van der Waals surface area contributed by atoms with Crippen LogP contribution in [0.15, 0.2) is 23.2 Å². The first kappa shape index (κ1) is 22.6. The van der Waals surface area contributed by atoms with Crippen molar-refractivity contribution in [3.05, 3.63) is 46.5 Å². The fourth-order valence-electron chi connectivity index (χ4n) is 3.08. The third kappa shape index (κ3) is 6.13. The van der Waals surface area contributed by atoms with Crippen LogP contribution in [0.25, 0.3) is 0 Å². The number of aliphatic imine (C=N–C) groups is 1. The molecule has 1 aromatic carbocycles. The van der Waals surface area contributed by atoms with E-state index >= 15 is 0 Å². The highest BCUT2D eigenvalue weighted by Crippen LogP contribution is 2.24. The van der Waals surface area contributed by atoms with Gasteiger partial charge < -0.3 is 15.4 Å². The van der Waals surface area contributed by atoms with Gasteiger partial charge in [0, 0.05) is 25.3 Å². The van der Waals surface area contributed by atoms with Crippen molar-refractivity contribution < 1.29 is 17.9 Å². The Labute approximate surface area is 169 Å². The van der Waals surface area contributed by atoms with E-state index in [1.165, 1.54) is 18.2 Å². The Morgan fingerprint density at radius 3 is 2.59 bits per heavy atom. The van der Waals surface area contributed by atoms with Gasteiger partial charge in [-0.25, -0.2) is 9.38 Å². The van der Waals surface area contributed by atoms with E-state index in [-0.39, 0.29) is 23.9 Å². The second-order valence-electron chi connectivity index (χ2n) is 6.81. The average Bonchev–Trinajstić information content (AvgIpc) is 2.87. The predicted molar refractivity (Wildman–Crippen MR) is 107 cm³/mol. The van der Waals surface area contributed by atoms with Gasteiger partial charge in [0.25, 0.3) is 0 Å².